The standard InChI is InChI=1S/C20H42O/c1-9-17(10-2)18(11-3,12-4)19(13-5,14-6)20(21,15-7)16-8/h17,21H,9-16H2,1-8H3. The Bertz CT molecular complexity index is 266. The van der Waals surface area contributed by atoms with Gasteiger partial charge in [-0.2, -0.15) is 0 Å². The lowest BCUT2D eigenvalue weighted by molar-refractivity contribution is -0.190. The first-order valence-corrected chi connectivity index (χ1v) is 9.61. The van der Waals surface area contributed by atoms with E-state index < -0.39 is 5.60 Å². The van der Waals surface area contributed by atoms with Crippen molar-refractivity contribution in [3.05, 3.63) is 0 Å². The predicted octanol–water partition coefficient (Wildman–Crippen LogP) is 6.59. The highest BCUT2D eigenvalue weighted by Crippen LogP contribution is 2.62. The molecule has 0 unspecified atom stereocenters. The Morgan fingerprint density at radius 2 is 1.00 bits per heavy atom. The Balaban J connectivity index is 6.31. The molecule has 0 bridgehead atoms. The van der Waals surface area contributed by atoms with Gasteiger partial charge in [-0.15, -0.1) is 0 Å². The predicted molar refractivity (Wildman–Crippen MR) is 95.6 cm³/mol. The van der Waals surface area contributed by atoms with Gasteiger partial charge in [0.1, 0.15) is 0 Å². The number of hydrogen-bond donors (Lipinski definition) is 1. The maximum Gasteiger partial charge on any atom is 0.0703 e. The first-order valence-electron chi connectivity index (χ1n) is 9.61. The summed E-state index contributed by atoms with van der Waals surface area (Å²) in [6, 6.07) is 0. The fraction of sp³-hybridized carbons (Fsp3) is 1.00. The quantitative estimate of drug-likeness (QED) is 0.456. The summed E-state index contributed by atoms with van der Waals surface area (Å²) in [6.07, 6.45) is 8.71. The van der Waals surface area contributed by atoms with Crippen molar-refractivity contribution in [2.75, 3.05) is 0 Å². The summed E-state index contributed by atoms with van der Waals surface area (Å²) >= 11 is 0. The molecule has 0 aromatic carbocycles. The monoisotopic (exact) mass is 298 g/mol. The molecule has 0 heterocycles. The van der Waals surface area contributed by atoms with E-state index in [0.717, 1.165) is 25.7 Å². The van der Waals surface area contributed by atoms with E-state index in [-0.39, 0.29) is 10.8 Å². The van der Waals surface area contributed by atoms with E-state index in [1.165, 1.54) is 25.7 Å². The fourth-order valence-corrected chi connectivity index (χ4v) is 5.97. The third-order valence-electron chi connectivity index (χ3n) is 7.25. The zero-order chi connectivity index (χ0) is 16.7. The molecule has 0 radical (unpaired) electrons. The van der Waals surface area contributed by atoms with Crippen LogP contribution in [0, 0.1) is 16.7 Å². The van der Waals surface area contributed by atoms with Gasteiger partial charge in [-0.05, 0) is 49.9 Å². The summed E-state index contributed by atoms with van der Waals surface area (Å²) in [5, 5.41) is 11.6. The highest BCUT2D eigenvalue weighted by atomic mass is 16.3. The van der Waals surface area contributed by atoms with Crippen LogP contribution in [-0.4, -0.2) is 10.7 Å². The molecular weight excluding hydrogens is 256 g/mol. The van der Waals surface area contributed by atoms with Crippen molar-refractivity contribution in [1.29, 1.82) is 0 Å². The van der Waals surface area contributed by atoms with Crippen LogP contribution in [0.2, 0.25) is 0 Å². The molecule has 1 nitrogen and oxygen atoms in total. The van der Waals surface area contributed by atoms with Crippen molar-refractivity contribution in [3.8, 4) is 0 Å². The van der Waals surface area contributed by atoms with Gasteiger partial charge in [-0.25, -0.2) is 0 Å². The molecule has 0 fully saturated rings. The van der Waals surface area contributed by atoms with E-state index >= 15 is 0 Å². The van der Waals surface area contributed by atoms with Crippen LogP contribution in [0.25, 0.3) is 0 Å². The maximum atomic E-state index is 11.6. The Kier molecular flexibility index (Phi) is 8.54. The largest absolute Gasteiger partial charge is 0.389 e. The third kappa shape index (κ3) is 3.05. The summed E-state index contributed by atoms with van der Waals surface area (Å²) in [5.41, 5.74) is -0.254. The Morgan fingerprint density at radius 3 is 1.19 bits per heavy atom. The second kappa shape index (κ2) is 8.56. The van der Waals surface area contributed by atoms with E-state index in [0.29, 0.717) is 5.92 Å². The molecule has 128 valence electrons. The Morgan fingerprint density at radius 1 is 0.619 bits per heavy atom. The lowest BCUT2D eigenvalue weighted by Crippen LogP contribution is -2.59. The zero-order valence-electron chi connectivity index (χ0n) is 16.2. The SMILES string of the molecule is CCC(CC)C(CC)(CC)C(CC)(CC)C(O)(CC)CC. The minimum Gasteiger partial charge on any atom is -0.389 e. The molecule has 0 amide bonds. The van der Waals surface area contributed by atoms with Gasteiger partial charge in [0.05, 0.1) is 5.60 Å². The normalized spacial score (nSPS) is 14.0. The molecule has 0 saturated heterocycles. The van der Waals surface area contributed by atoms with Crippen LogP contribution in [0.3, 0.4) is 0 Å². The third-order valence-corrected chi connectivity index (χ3v) is 7.25. The molecule has 1 N–H and O–H groups in total. The van der Waals surface area contributed by atoms with Crippen molar-refractivity contribution < 1.29 is 5.11 Å². The van der Waals surface area contributed by atoms with E-state index in [2.05, 4.69) is 55.4 Å². The second-order valence-corrected chi connectivity index (χ2v) is 6.90. The topological polar surface area (TPSA) is 20.2 Å². The minimum atomic E-state index is -0.537. The zero-order valence-corrected chi connectivity index (χ0v) is 16.2. The van der Waals surface area contributed by atoms with Gasteiger partial charge in [0.2, 0.25) is 0 Å². The summed E-state index contributed by atoms with van der Waals surface area (Å²) in [4.78, 5) is 0. The molecule has 0 aromatic heterocycles. The van der Waals surface area contributed by atoms with Gasteiger partial charge < -0.3 is 5.11 Å². The van der Waals surface area contributed by atoms with Crippen molar-refractivity contribution in [1.82, 2.24) is 0 Å². The molecule has 0 saturated carbocycles. The van der Waals surface area contributed by atoms with Crippen molar-refractivity contribution in [2.45, 2.75) is 112 Å². The minimum absolute atomic E-state index is 0.0314. The van der Waals surface area contributed by atoms with Gasteiger partial charge in [0.15, 0.2) is 0 Å². The van der Waals surface area contributed by atoms with Crippen molar-refractivity contribution >= 4 is 0 Å². The van der Waals surface area contributed by atoms with Crippen molar-refractivity contribution in [2.24, 2.45) is 16.7 Å². The average molecular weight is 299 g/mol. The number of rotatable bonds is 11. The average Bonchev–Trinajstić information content (AvgIpc) is 2.54. The first kappa shape index (κ1) is 21.0. The molecule has 0 rings (SSSR count). The van der Waals surface area contributed by atoms with Gasteiger partial charge in [-0.3, -0.25) is 0 Å². The van der Waals surface area contributed by atoms with Crippen LogP contribution in [0.15, 0.2) is 0 Å². The molecule has 0 aliphatic carbocycles. The van der Waals surface area contributed by atoms with Gasteiger partial charge in [0, 0.05) is 5.41 Å². The van der Waals surface area contributed by atoms with Crippen LogP contribution in [0.5, 0.6) is 0 Å². The molecule has 0 aliphatic rings. The Hall–Kier alpha value is -0.0400. The van der Waals surface area contributed by atoms with E-state index in [1.807, 2.05) is 0 Å². The second-order valence-electron chi connectivity index (χ2n) is 6.90. The molecular formula is C20H42O. The van der Waals surface area contributed by atoms with E-state index in [1.54, 1.807) is 0 Å². The van der Waals surface area contributed by atoms with Gasteiger partial charge in [0.25, 0.3) is 0 Å². The van der Waals surface area contributed by atoms with E-state index in [9.17, 15) is 5.11 Å². The smallest absolute Gasteiger partial charge is 0.0703 e. The van der Waals surface area contributed by atoms with Gasteiger partial charge in [-0.1, -0.05) is 68.2 Å². The highest BCUT2D eigenvalue weighted by molar-refractivity contribution is 5.08. The Labute approximate surface area is 134 Å². The lowest BCUT2D eigenvalue weighted by atomic mass is 9.45. The van der Waals surface area contributed by atoms with Crippen LogP contribution in [0.1, 0.15) is 107 Å². The molecule has 0 aromatic rings. The molecule has 21 heavy (non-hydrogen) atoms. The lowest BCUT2D eigenvalue weighted by Gasteiger charge is -2.61. The number of hydrogen-bond acceptors (Lipinski definition) is 1. The molecule has 0 spiro atoms. The van der Waals surface area contributed by atoms with Crippen LogP contribution >= 0.6 is 0 Å². The van der Waals surface area contributed by atoms with Crippen LogP contribution in [0.4, 0.5) is 0 Å². The molecule has 1 heteroatoms. The van der Waals surface area contributed by atoms with Gasteiger partial charge >= 0.3 is 0 Å². The first-order chi connectivity index (χ1) is 9.88. The molecule has 0 aliphatic heterocycles. The fourth-order valence-electron chi connectivity index (χ4n) is 5.97. The highest BCUT2D eigenvalue weighted by Gasteiger charge is 2.59. The van der Waals surface area contributed by atoms with Crippen LogP contribution in [-0.2, 0) is 0 Å². The number of aliphatic hydroxyl groups is 1. The summed E-state index contributed by atoms with van der Waals surface area (Å²) in [7, 11) is 0. The van der Waals surface area contributed by atoms with Crippen LogP contribution < -0.4 is 0 Å². The maximum absolute atomic E-state index is 11.6. The summed E-state index contributed by atoms with van der Waals surface area (Å²) in [5.74, 6) is 0.706. The molecule has 0 atom stereocenters. The summed E-state index contributed by atoms with van der Waals surface area (Å²) < 4.78 is 0. The van der Waals surface area contributed by atoms with E-state index in [4.69, 9.17) is 0 Å². The van der Waals surface area contributed by atoms with Crippen molar-refractivity contribution in [3.63, 3.8) is 0 Å². The summed E-state index contributed by atoms with van der Waals surface area (Å²) in [6.45, 7) is 18.3.